The summed E-state index contributed by atoms with van der Waals surface area (Å²) in [5.74, 6) is 0. The molecule has 4 N–H and O–H groups in total. The Balaban J connectivity index is 2.70. The Morgan fingerprint density at radius 3 is 1.92 bits per heavy atom. The average Bonchev–Trinajstić information content (AvgIpc) is 2.07. The summed E-state index contributed by atoms with van der Waals surface area (Å²) in [6.07, 6.45) is -12.4. The summed E-state index contributed by atoms with van der Waals surface area (Å²) in [6.45, 7) is 0. The highest BCUT2D eigenvalue weighted by Crippen LogP contribution is 2.23. The van der Waals surface area contributed by atoms with Crippen molar-refractivity contribution in [3.8, 4) is 0 Å². The van der Waals surface area contributed by atoms with E-state index >= 15 is 0 Å². The molecule has 1 unspecified atom stereocenters. The van der Waals surface area contributed by atoms with E-state index in [0.717, 1.165) is 0 Å². The molecule has 1 rings (SSSR count). The first kappa shape index (κ1) is 10.7. The van der Waals surface area contributed by atoms with Gasteiger partial charge in [0.1, 0.15) is 24.4 Å². The van der Waals surface area contributed by atoms with Gasteiger partial charge < -0.3 is 25.2 Å². The highest BCUT2D eigenvalue weighted by atomic mass is 19.3. The van der Waals surface area contributed by atoms with E-state index in [1.54, 1.807) is 0 Å². The van der Waals surface area contributed by atoms with E-state index in [9.17, 15) is 8.78 Å². The summed E-state index contributed by atoms with van der Waals surface area (Å²) in [6, 6.07) is 0. The number of ether oxygens (including phenoxy) is 1. The lowest BCUT2D eigenvalue weighted by atomic mass is 9.99. The first-order valence-corrected chi connectivity index (χ1v) is 3.61. The third-order valence-corrected chi connectivity index (χ3v) is 1.87. The fourth-order valence-electron chi connectivity index (χ4n) is 1.10. The van der Waals surface area contributed by atoms with Crippen LogP contribution >= 0.6 is 0 Å². The van der Waals surface area contributed by atoms with E-state index in [-0.39, 0.29) is 0 Å². The zero-order valence-corrected chi connectivity index (χ0v) is 6.42. The van der Waals surface area contributed by atoms with Crippen LogP contribution in [0.4, 0.5) is 8.78 Å². The lowest BCUT2D eigenvalue weighted by Gasteiger charge is -2.37. The molecule has 5 nitrogen and oxygen atoms in total. The highest BCUT2D eigenvalue weighted by molar-refractivity contribution is 4.89. The van der Waals surface area contributed by atoms with Gasteiger partial charge in [0.25, 0.3) is 6.43 Å². The van der Waals surface area contributed by atoms with Crippen LogP contribution in [0.15, 0.2) is 0 Å². The van der Waals surface area contributed by atoms with Gasteiger partial charge in [-0.1, -0.05) is 0 Å². The standard InChI is InChI=1S/C6H10F2O5/c7-5(8)4-2(10)1(9)3(11)6(12)13-4/h1-6,9-12H/t1-,2-,3+,4-,6?/m0/s1. The van der Waals surface area contributed by atoms with Gasteiger partial charge in [-0.25, -0.2) is 8.78 Å². The molecule has 0 aromatic rings. The summed E-state index contributed by atoms with van der Waals surface area (Å²) >= 11 is 0. The van der Waals surface area contributed by atoms with Crippen molar-refractivity contribution in [1.29, 1.82) is 0 Å². The number of hydrogen-bond donors (Lipinski definition) is 4. The number of alkyl halides is 2. The molecule has 0 aromatic heterocycles. The van der Waals surface area contributed by atoms with Crippen molar-refractivity contribution in [3.63, 3.8) is 0 Å². The molecule has 1 aliphatic rings. The Labute approximate surface area is 72.2 Å². The SMILES string of the molecule is OC1O[C@H](C(F)F)[C@@H](O)[C@H](O)[C@H]1O. The molecular formula is C6H10F2O5. The molecule has 0 aliphatic carbocycles. The predicted octanol–water partition coefficient (Wildman–Crippen LogP) is -1.95. The van der Waals surface area contributed by atoms with E-state index in [2.05, 4.69) is 4.74 Å². The van der Waals surface area contributed by atoms with Crippen LogP contribution < -0.4 is 0 Å². The largest absolute Gasteiger partial charge is 0.387 e. The molecule has 0 bridgehead atoms. The van der Waals surface area contributed by atoms with Crippen molar-refractivity contribution < 1.29 is 33.9 Å². The molecule has 1 saturated heterocycles. The van der Waals surface area contributed by atoms with Crippen molar-refractivity contribution in [2.75, 3.05) is 0 Å². The monoisotopic (exact) mass is 200 g/mol. The van der Waals surface area contributed by atoms with Crippen LogP contribution in [0.5, 0.6) is 0 Å². The maximum absolute atomic E-state index is 12.1. The summed E-state index contributed by atoms with van der Waals surface area (Å²) in [5, 5.41) is 35.6. The van der Waals surface area contributed by atoms with Gasteiger partial charge in [-0.05, 0) is 0 Å². The van der Waals surface area contributed by atoms with Gasteiger partial charge in [0.05, 0.1) is 0 Å². The topological polar surface area (TPSA) is 90.2 Å². The molecule has 1 fully saturated rings. The van der Waals surface area contributed by atoms with Crippen LogP contribution in [0, 0.1) is 0 Å². The van der Waals surface area contributed by atoms with E-state index in [4.69, 9.17) is 20.4 Å². The number of aliphatic hydroxyl groups is 4. The third kappa shape index (κ3) is 1.94. The van der Waals surface area contributed by atoms with E-state index in [0.29, 0.717) is 0 Å². The van der Waals surface area contributed by atoms with Crippen molar-refractivity contribution in [2.45, 2.75) is 37.1 Å². The summed E-state index contributed by atoms with van der Waals surface area (Å²) in [4.78, 5) is 0. The predicted molar refractivity (Wildman–Crippen MR) is 34.9 cm³/mol. The minimum atomic E-state index is -3.04. The molecule has 1 heterocycles. The number of hydrogen-bond acceptors (Lipinski definition) is 5. The maximum atomic E-state index is 12.1. The Hall–Kier alpha value is -0.340. The minimum absolute atomic E-state index is 1.77. The summed E-state index contributed by atoms with van der Waals surface area (Å²) < 4.78 is 28.3. The van der Waals surface area contributed by atoms with Crippen LogP contribution in [-0.4, -0.2) is 57.6 Å². The molecule has 0 amide bonds. The zero-order valence-electron chi connectivity index (χ0n) is 6.42. The molecule has 1 aliphatic heterocycles. The quantitative estimate of drug-likeness (QED) is 0.395. The normalized spacial score (nSPS) is 46.8. The average molecular weight is 200 g/mol. The Morgan fingerprint density at radius 1 is 0.923 bits per heavy atom. The van der Waals surface area contributed by atoms with E-state index in [1.165, 1.54) is 0 Å². The first-order chi connectivity index (χ1) is 5.95. The van der Waals surface area contributed by atoms with Crippen molar-refractivity contribution in [3.05, 3.63) is 0 Å². The number of rotatable bonds is 1. The van der Waals surface area contributed by atoms with Crippen LogP contribution in [0.3, 0.4) is 0 Å². The molecule has 78 valence electrons. The fourth-order valence-corrected chi connectivity index (χ4v) is 1.10. The zero-order chi connectivity index (χ0) is 10.2. The lowest BCUT2D eigenvalue weighted by Crippen LogP contribution is -2.59. The van der Waals surface area contributed by atoms with Gasteiger partial charge in [-0.15, -0.1) is 0 Å². The van der Waals surface area contributed by atoms with Crippen molar-refractivity contribution in [2.24, 2.45) is 0 Å². The molecule has 7 heteroatoms. The van der Waals surface area contributed by atoms with Crippen molar-refractivity contribution >= 4 is 0 Å². The summed E-state index contributed by atoms with van der Waals surface area (Å²) in [5.41, 5.74) is 0. The highest BCUT2D eigenvalue weighted by Gasteiger charge is 2.46. The Bertz CT molecular complexity index is 178. The lowest BCUT2D eigenvalue weighted by molar-refractivity contribution is -0.300. The molecule has 0 saturated carbocycles. The molecule has 5 atom stereocenters. The second kappa shape index (κ2) is 3.81. The van der Waals surface area contributed by atoms with Crippen LogP contribution in [0.2, 0.25) is 0 Å². The van der Waals surface area contributed by atoms with E-state index < -0.39 is 37.1 Å². The molecule has 0 aromatic carbocycles. The van der Waals surface area contributed by atoms with Crippen LogP contribution in [-0.2, 0) is 4.74 Å². The Kier molecular flexibility index (Phi) is 3.14. The van der Waals surface area contributed by atoms with Crippen LogP contribution in [0.25, 0.3) is 0 Å². The van der Waals surface area contributed by atoms with Gasteiger partial charge in [0.2, 0.25) is 0 Å². The summed E-state index contributed by atoms with van der Waals surface area (Å²) in [7, 11) is 0. The maximum Gasteiger partial charge on any atom is 0.267 e. The van der Waals surface area contributed by atoms with Gasteiger partial charge in [-0.2, -0.15) is 0 Å². The van der Waals surface area contributed by atoms with E-state index in [1.807, 2.05) is 0 Å². The Morgan fingerprint density at radius 2 is 1.46 bits per heavy atom. The first-order valence-electron chi connectivity index (χ1n) is 3.61. The van der Waals surface area contributed by atoms with Crippen LogP contribution in [0.1, 0.15) is 0 Å². The molecular weight excluding hydrogens is 190 g/mol. The number of aliphatic hydroxyl groups excluding tert-OH is 4. The smallest absolute Gasteiger partial charge is 0.267 e. The molecule has 13 heavy (non-hydrogen) atoms. The minimum Gasteiger partial charge on any atom is -0.387 e. The molecule has 0 spiro atoms. The number of halogens is 2. The van der Waals surface area contributed by atoms with Gasteiger partial charge >= 0.3 is 0 Å². The fraction of sp³-hybridized carbons (Fsp3) is 1.00. The van der Waals surface area contributed by atoms with Gasteiger partial charge in [0, 0.05) is 0 Å². The third-order valence-electron chi connectivity index (χ3n) is 1.87. The second-order valence-corrected chi connectivity index (χ2v) is 2.80. The molecule has 0 radical (unpaired) electrons. The van der Waals surface area contributed by atoms with Gasteiger partial charge in [-0.3, -0.25) is 0 Å². The van der Waals surface area contributed by atoms with Crippen molar-refractivity contribution in [1.82, 2.24) is 0 Å². The second-order valence-electron chi connectivity index (χ2n) is 2.80. The van der Waals surface area contributed by atoms with Gasteiger partial charge in [0.15, 0.2) is 6.29 Å².